The van der Waals surface area contributed by atoms with E-state index in [2.05, 4.69) is 26.2 Å². The average Bonchev–Trinajstić information content (AvgIpc) is 2.44. The maximum absolute atomic E-state index is 12.0. The number of halogens is 1. The first kappa shape index (κ1) is 13.5. The van der Waals surface area contributed by atoms with Crippen molar-refractivity contribution in [3.8, 4) is 5.75 Å². The van der Waals surface area contributed by atoms with Gasteiger partial charge in [0.1, 0.15) is 0 Å². The van der Waals surface area contributed by atoms with Crippen molar-refractivity contribution in [2.45, 2.75) is 6.54 Å². The largest absolute Gasteiger partial charge is 0.505 e. The van der Waals surface area contributed by atoms with Gasteiger partial charge in [-0.1, -0.05) is 6.07 Å². The highest BCUT2D eigenvalue weighted by molar-refractivity contribution is 9.10. The molecule has 2 rings (SSSR count). The van der Waals surface area contributed by atoms with Gasteiger partial charge in [0.05, 0.1) is 15.9 Å². The van der Waals surface area contributed by atoms with Crippen LogP contribution in [0.2, 0.25) is 0 Å². The van der Waals surface area contributed by atoms with Crippen molar-refractivity contribution in [1.82, 2.24) is 4.98 Å². The molecule has 0 bridgehead atoms. The molecule has 6 heteroatoms. The van der Waals surface area contributed by atoms with E-state index in [0.29, 0.717) is 21.4 Å². The molecule has 0 spiro atoms. The minimum absolute atomic E-state index is 0.0102. The Morgan fingerprint density at radius 3 is 2.95 bits per heavy atom. The van der Waals surface area contributed by atoms with Crippen LogP contribution in [0.1, 0.15) is 16.1 Å². The van der Waals surface area contributed by atoms with Crippen LogP contribution < -0.4 is 11.1 Å². The monoisotopic (exact) mass is 321 g/mol. The standard InChI is InChI=1S/C13H12BrN3O2/c14-10-2-1-3-11(12(10)18)17-13(19)8-4-5-16-9(6-8)7-15/h1-6,18H,7,15H2,(H,17,19). The third-order valence-electron chi connectivity index (χ3n) is 2.52. The molecular weight excluding hydrogens is 310 g/mol. The Hall–Kier alpha value is -1.92. The van der Waals surface area contributed by atoms with Crippen LogP contribution in [0.3, 0.4) is 0 Å². The second-order valence-electron chi connectivity index (χ2n) is 3.83. The van der Waals surface area contributed by atoms with E-state index in [9.17, 15) is 9.90 Å². The molecule has 0 unspecified atom stereocenters. The highest BCUT2D eigenvalue weighted by Gasteiger charge is 2.11. The smallest absolute Gasteiger partial charge is 0.255 e. The number of phenolic OH excluding ortho intramolecular Hbond substituents is 1. The minimum atomic E-state index is -0.328. The third-order valence-corrected chi connectivity index (χ3v) is 3.16. The number of aromatic nitrogens is 1. The van der Waals surface area contributed by atoms with Crippen LogP contribution in [-0.2, 0) is 6.54 Å². The van der Waals surface area contributed by atoms with E-state index >= 15 is 0 Å². The zero-order valence-corrected chi connectivity index (χ0v) is 11.5. The second-order valence-corrected chi connectivity index (χ2v) is 4.68. The molecule has 0 saturated heterocycles. The topological polar surface area (TPSA) is 88.2 Å². The summed E-state index contributed by atoms with van der Waals surface area (Å²) >= 11 is 3.19. The molecule has 0 atom stereocenters. The Morgan fingerprint density at radius 1 is 1.42 bits per heavy atom. The van der Waals surface area contributed by atoms with Gasteiger partial charge in [-0.05, 0) is 40.2 Å². The number of para-hydroxylation sites is 1. The summed E-state index contributed by atoms with van der Waals surface area (Å²) < 4.78 is 0.516. The van der Waals surface area contributed by atoms with Crippen molar-refractivity contribution in [3.05, 3.63) is 52.3 Å². The van der Waals surface area contributed by atoms with Crippen LogP contribution in [-0.4, -0.2) is 16.0 Å². The van der Waals surface area contributed by atoms with E-state index in [1.807, 2.05) is 0 Å². The van der Waals surface area contributed by atoms with E-state index in [4.69, 9.17) is 5.73 Å². The quantitative estimate of drug-likeness (QED) is 0.756. The molecule has 5 nitrogen and oxygen atoms in total. The fraction of sp³-hybridized carbons (Fsp3) is 0.0769. The number of hydrogen-bond acceptors (Lipinski definition) is 4. The fourth-order valence-corrected chi connectivity index (χ4v) is 1.91. The first-order valence-corrected chi connectivity index (χ1v) is 6.35. The molecule has 1 aromatic carbocycles. The van der Waals surface area contributed by atoms with E-state index in [1.54, 1.807) is 30.3 Å². The van der Waals surface area contributed by atoms with Gasteiger partial charge in [-0.2, -0.15) is 0 Å². The Balaban J connectivity index is 2.23. The van der Waals surface area contributed by atoms with Gasteiger partial charge in [0.15, 0.2) is 5.75 Å². The number of nitrogens with two attached hydrogens (primary N) is 1. The van der Waals surface area contributed by atoms with Crippen LogP contribution in [0.4, 0.5) is 5.69 Å². The number of benzene rings is 1. The molecule has 1 aromatic heterocycles. The van der Waals surface area contributed by atoms with Crippen molar-refractivity contribution in [2.75, 3.05) is 5.32 Å². The molecule has 0 radical (unpaired) electrons. The van der Waals surface area contributed by atoms with E-state index in [-0.39, 0.29) is 18.2 Å². The molecule has 0 aliphatic rings. The fourth-order valence-electron chi connectivity index (χ4n) is 1.54. The summed E-state index contributed by atoms with van der Waals surface area (Å²) in [6, 6.07) is 8.22. The number of carbonyl (C=O) groups excluding carboxylic acids is 1. The highest BCUT2D eigenvalue weighted by atomic mass is 79.9. The van der Waals surface area contributed by atoms with Crippen molar-refractivity contribution in [1.29, 1.82) is 0 Å². The Kier molecular flexibility index (Phi) is 4.13. The van der Waals surface area contributed by atoms with Gasteiger partial charge in [-0.3, -0.25) is 9.78 Å². The lowest BCUT2D eigenvalue weighted by molar-refractivity contribution is 0.102. The zero-order chi connectivity index (χ0) is 13.8. The number of nitrogens with one attached hydrogen (secondary N) is 1. The lowest BCUT2D eigenvalue weighted by Gasteiger charge is -2.08. The summed E-state index contributed by atoms with van der Waals surface area (Å²) in [7, 11) is 0. The zero-order valence-electron chi connectivity index (χ0n) is 9.93. The Morgan fingerprint density at radius 2 is 2.21 bits per heavy atom. The predicted octanol–water partition coefficient (Wildman–Crippen LogP) is 2.26. The lowest BCUT2D eigenvalue weighted by Crippen LogP contribution is -2.13. The normalized spacial score (nSPS) is 10.2. The molecule has 0 saturated carbocycles. The number of nitrogens with zero attached hydrogens (tertiary/aromatic N) is 1. The molecule has 4 N–H and O–H groups in total. The maximum Gasteiger partial charge on any atom is 0.255 e. The summed E-state index contributed by atoms with van der Waals surface area (Å²) in [5.74, 6) is -0.338. The number of phenols is 1. The summed E-state index contributed by atoms with van der Waals surface area (Å²) in [5, 5.41) is 12.4. The molecule has 19 heavy (non-hydrogen) atoms. The number of rotatable bonds is 3. The van der Waals surface area contributed by atoms with Crippen LogP contribution in [0.25, 0.3) is 0 Å². The first-order valence-electron chi connectivity index (χ1n) is 5.55. The van der Waals surface area contributed by atoms with Crippen LogP contribution in [0.15, 0.2) is 41.0 Å². The van der Waals surface area contributed by atoms with Crippen LogP contribution >= 0.6 is 15.9 Å². The molecule has 98 valence electrons. The first-order chi connectivity index (χ1) is 9.11. The SMILES string of the molecule is NCc1cc(C(=O)Nc2cccc(Br)c2O)ccn1. The molecule has 0 aliphatic heterocycles. The van der Waals surface area contributed by atoms with Gasteiger partial charge in [-0.15, -0.1) is 0 Å². The number of carbonyl (C=O) groups is 1. The van der Waals surface area contributed by atoms with Crippen LogP contribution in [0, 0.1) is 0 Å². The van der Waals surface area contributed by atoms with Gasteiger partial charge in [0.25, 0.3) is 5.91 Å². The number of aromatic hydroxyl groups is 1. The summed E-state index contributed by atoms with van der Waals surface area (Å²) in [6.45, 7) is 0.267. The maximum atomic E-state index is 12.0. The summed E-state index contributed by atoms with van der Waals surface area (Å²) in [5.41, 5.74) is 6.88. The average molecular weight is 322 g/mol. The van der Waals surface area contributed by atoms with Crippen molar-refractivity contribution >= 4 is 27.5 Å². The van der Waals surface area contributed by atoms with Gasteiger partial charge in [-0.25, -0.2) is 0 Å². The van der Waals surface area contributed by atoms with Gasteiger partial charge in [0.2, 0.25) is 0 Å². The summed E-state index contributed by atoms with van der Waals surface area (Å²) in [4.78, 5) is 16.1. The van der Waals surface area contributed by atoms with Gasteiger partial charge < -0.3 is 16.2 Å². The molecule has 0 aliphatic carbocycles. The number of amides is 1. The molecule has 1 amide bonds. The van der Waals surface area contributed by atoms with E-state index < -0.39 is 0 Å². The number of pyridine rings is 1. The summed E-state index contributed by atoms with van der Waals surface area (Å²) in [6.07, 6.45) is 1.53. The molecule has 2 aromatic rings. The number of hydrogen-bond donors (Lipinski definition) is 3. The Labute approximate surface area is 118 Å². The molecule has 0 fully saturated rings. The van der Waals surface area contributed by atoms with Gasteiger partial charge >= 0.3 is 0 Å². The highest BCUT2D eigenvalue weighted by Crippen LogP contribution is 2.31. The predicted molar refractivity (Wildman–Crippen MR) is 75.9 cm³/mol. The van der Waals surface area contributed by atoms with Crippen molar-refractivity contribution in [3.63, 3.8) is 0 Å². The minimum Gasteiger partial charge on any atom is -0.505 e. The van der Waals surface area contributed by atoms with E-state index in [0.717, 1.165) is 0 Å². The van der Waals surface area contributed by atoms with Crippen molar-refractivity contribution < 1.29 is 9.90 Å². The second kappa shape index (κ2) is 5.81. The molecular formula is C13H12BrN3O2. The lowest BCUT2D eigenvalue weighted by atomic mass is 10.2. The molecule has 1 heterocycles. The number of anilines is 1. The van der Waals surface area contributed by atoms with Crippen molar-refractivity contribution in [2.24, 2.45) is 5.73 Å². The van der Waals surface area contributed by atoms with Crippen LogP contribution in [0.5, 0.6) is 5.75 Å². The Bertz CT molecular complexity index is 617. The van der Waals surface area contributed by atoms with Gasteiger partial charge in [0, 0.05) is 18.3 Å². The third kappa shape index (κ3) is 3.10. The van der Waals surface area contributed by atoms with E-state index in [1.165, 1.54) is 6.20 Å².